The minimum absolute atomic E-state index is 0.143. The smallest absolute Gasteiger partial charge is 0.154 e. The van der Waals surface area contributed by atoms with Crippen LogP contribution < -0.4 is 4.90 Å². The summed E-state index contributed by atoms with van der Waals surface area (Å²) in [4.78, 5) is 8.02. The third kappa shape index (κ3) is 3.30. The maximum atomic E-state index is 9.80. The van der Waals surface area contributed by atoms with E-state index in [-0.39, 0.29) is 6.10 Å². The second-order valence-corrected chi connectivity index (χ2v) is 9.35. The molecule has 1 aliphatic carbocycles. The molecule has 0 spiro atoms. The Labute approximate surface area is 174 Å². The highest BCUT2D eigenvalue weighted by atomic mass is 32.1. The average Bonchev–Trinajstić information content (AvgIpc) is 3.31. The highest BCUT2D eigenvalue weighted by Gasteiger charge is 2.24. The molecular weight excluding hydrogens is 380 g/mol. The zero-order valence-electron chi connectivity index (χ0n) is 17.1. The van der Waals surface area contributed by atoms with Crippen molar-refractivity contribution in [1.82, 2.24) is 14.6 Å². The Morgan fingerprint density at radius 3 is 2.62 bits per heavy atom. The number of thiophene rings is 1. The molecule has 0 saturated heterocycles. The molecule has 29 heavy (non-hydrogen) atoms. The van der Waals surface area contributed by atoms with Crippen molar-refractivity contribution < 1.29 is 5.11 Å². The van der Waals surface area contributed by atoms with E-state index in [1.165, 1.54) is 26.1 Å². The monoisotopic (exact) mass is 406 g/mol. The zero-order valence-corrected chi connectivity index (χ0v) is 17.9. The summed E-state index contributed by atoms with van der Waals surface area (Å²) in [5, 5.41) is 16.0. The second-order valence-electron chi connectivity index (χ2n) is 8.26. The fraction of sp³-hybridized carbons (Fsp3) is 0.391. The Balaban J connectivity index is 1.53. The van der Waals surface area contributed by atoms with Gasteiger partial charge in [-0.3, -0.25) is 0 Å². The van der Waals surface area contributed by atoms with Crippen LogP contribution in [0.4, 0.5) is 5.82 Å². The Morgan fingerprint density at radius 2 is 1.83 bits per heavy atom. The lowest BCUT2D eigenvalue weighted by molar-refractivity contribution is 0.122. The normalized spacial score (nSPS) is 19.9. The molecule has 6 heteroatoms. The van der Waals surface area contributed by atoms with E-state index >= 15 is 0 Å². The van der Waals surface area contributed by atoms with Crippen LogP contribution in [0.3, 0.4) is 0 Å². The first-order valence-electron chi connectivity index (χ1n) is 10.3. The number of aliphatic hydroxyl groups is 1. The third-order valence-corrected chi connectivity index (χ3v) is 7.43. The molecule has 150 valence electrons. The number of benzene rings is 1. The molecule has 3 aromatic heterocycles. The van der Waals surface area contributed by atoms with Crippen LogP contribution in [0.1, 0.15) is 36.8 Å². The Kier molecular flexibility index (Phi) is 4.56. The Hall–Kier alpha value is -2.44. The minimum atomic E-state index is -0.143. The van der Waals surface area contributed by atoms with Crippen molar-refractivity contribution in [3.63, 3.8) is 0 Å². The van der Waals surface area contributed by atoms with Crippen LogP contribution in [0.15, 0.2) is 36.5 Å². The lowest BCUT2D eigenvalue weighted by atomic mass is 9.92. The summed E-state index contributed by atoms with van der Waals surface area (Å²) >= 11 is 1.79. The third-order valence-electron chi connectivity index (χ3n) is 6.31. The molecule has 5 rings (SSSR count). The number of nitrogens with zero attached hydrogens (tertiary/aromatic N) is 4. The predicted octanol–water partition coefficient (Wildman–Crippen LogP) is 4.97. The summed E-state index contributed by atoms with van der Waals surface area (Å²) in [5.41, 5.74) is 4.54. The standard InChI is InChI=1S/C23H26N4OS/c1-14-10-16-12-21(29-20(16)11-15(14)2)19-13-24-22-8-9-23(25-27(19)22)26(3)17-4-6-18(28)7-5-17/h8-13,17-18,28H,4-7H2,1-3H3. The number of aliphatic hydroxyl groups excluding tert-OH is 1. The molecule has 3 heterocycles. The molecule has 4 aromatic rings. The lowest BCUT2D eigenvalue weighted by Gasteiger charge is -2.33. The quantitative estimate of drug-likeness (QED) is 0.522. The molecule has 1 aliphatic rings. The van der Waals surface area contributed by atoms with Crippen molar-refractivity contribution in [3.05, 3.63) is 47.7 Å². The summed E-state index contributed by atoms with van der Waals surface area (Å²) in [6.45, 7) is 4.32. The first-order chi connectivity index (χ1) is 14.0. The number of aryl methyl sites for hydroxylation is 2. The van der Waals surface area contributed by atoms with Gasteiger partial charge in [0, 0.05) is 17.8 Å². The SMILES string of the molecule is Cc1cc2cc(-c3cnc4ccc(N(C)C5CCC(O)CC5)nn34)sc2cc1C. The van der Waals surface area contributed by atoms with Crippen LogP contribution in [-0.2, 0) is 0 Å². The summed E-state index contributed by atoms with van der Waals surface area (Å²) < 4.78 is 3.26. The van der Waals surface area contributed by atoms with Gasteiger partial charge in [-0.05, 0) is 80.3 Å². The molecule has 0 atom stereocenters. The van der Waals surface area contributed by atoms with Gasteiger partial charge < -0.3 is 10.0 Å². The number of anilines is 1. The molecule has 1 saturated carbocycles. The van der Waals surface area contributed by atoms with E-state index in [1.807, 2.05) is 16.8 Å². The molecule has 0 bridgehead atoms. The van der Waals surface area contributed by atoms with Crippen molar-refractivity contribution >= 4 is 32.9 Å². The minimum Gasteiger partial charge on any atom is -0.393 e. The highest BCUT2D eigenvalue weighted by molar-refractivity contribution is 7.22. The van der Waals surface area contributed by atoms with Crippen LogP contribution in [0, 0.1) is 13.8 Å². The van der Waals surface area contributed by atoms with Gasteiger partial charge in [-0.1, -0.05) is 6.07 Å². The van der Waals surface area contributed by atoms with Crippen molar-refractivity contribution in [3.8, 4) is 10.6 Å². The van der Waals surface area contributed by atoms with Gasteiger partial charge in [-0.2, -0.15) is 0 Å². The number of rotatable bonds is 3. The fourth-order valence-electron chi connectivity index (χ4n) is 4.28. The van der Waals surface area contributed by atoms with E-state index < -0.39 is 0 Å². The van der Waals surface area contributed by atoms with Crippen LogP contribution in [0.25, 0.3) is 26.3 Å². The molecule has 5 nitrogen and oxygen atoms in total. The van der Waals surface area contributed by atoms with Gasteiger partial charge in [0.2, 0.25) is 0 Å². The van der Waals surface area contributed by atoms with Gasteiger partial charge >= 0.3 is 0 Å². The number of fused-ring (bicyclic) bond motifs is 2. The topological polar surface area (TPSA) is 53.7 Å². The van der Waals surface area contributed by atoms with Crippen molar-refractivity contribution in [2.45, 2.75) is 51.7 Å². The van der Waals surface area contributed by atoms with E-state index in [1.54, 1.807) is 11.3 Å². The van der Waals surface area contributed by atoms with Crippen LogP contribution >= 0.6 is 11.3 Å². The number of hydrogen-bond donors (Lipinski definition) is 1. The maximum Gasteiger partial charge on any atom is 0.154 e. The zero-order chi connectivity index (χ0) is 20.1. The molecule has 0 amide bonds. The summed E-state index contributed by atoms with van der Waals surface area (Å²) in [6, 6.07) is 11.3. The average molecular weight is 407 g/mol. The van der Waals surface area contributed by atoms with E-state index in [4.69, 9.17) is 5.10 Å². The molecule has 1 aromatic carbocycles. The van der Waals surface area contributed by atoms with Crippen molar-refractivity contribution in [1.29, 1.82) is 0 Å². The van der Waals surface area contributed by atoms with Crippen molar-refractivity contribution in [2.24, 2.45) is 0 Å². The van der Waals surface area contributed by atoms with E-state index in [9.17, 15) is 5.11 Å². The molecule has 1 N–H and O–H groups in total. The molecule has 0 unspecified atom stereocenters. The van der Waals surface area contributed by atoms with Gasteiger partial charge in [-0.15, -0.1) is 16.4 Å². The van der Waals surface area contributed by atoms with Gasteiger partial charge in [0.05, 0.1) is 17.2 Å². The Bertz CT molecular complexity index is 1150. The first kappa shape index (κ1) is 18.6. The van der Waals surface area contributed by atoms with E-state index in [0.29, 0.717) is 6.04 Å². The van der Waals surface area contributed by atoms with Crippen LogP contribution in [0.2, 0.25) is 0 Å². The number of hydrogen-bond acceptors (Lipinski definition) is 5. The lowest BCUT2D eigenvalue weighted by Crippen LogP contribution is -2.37. The maximum absolute atomic E-state index is 9.80. The van der Waals surface area contributed by atoms with Gasteiger partial charge in [0.25, 0.3) is 0 Å². The second kappa shape index (κ2) is 7.11. The largest absolute Gasteiger partial charge is 0.393 e. The van der Waals surface area contributed by atoms with Gasteiger partial charge in [-0.25, -0.2) is 9.50 Å². The summed E-state index contributed by atoms with van der Waals surface area (Å²) in [6.07, 6.45) is 5.53. The van der Waals surface area contributed by atoms with Crippen LogP contribution in [-0.4, -0.2) is 38.9 Å². The fourth-order valence-corrected chi connectivity index (χ4v) is 5.42. The van der Waals surface area contributed by atoms with Crippen LogP contribution in [0.5, 0.6) is 0 Å². The van der Waals surface area contributed by atoms with Gasteiger partial charge in [0.15, 0.2) is 5.65 Å². The predicted molar refractivity (Wildman–Crippen MR) is 120 cm³/mol. The van der Waals surface area contributed by atoms with E-state index in [0.717, 1.165) is 42.8 Å². The van der Waals surface area contributed by atoms with Crippen molar-refractivity contribution in [2.75, 3.05) is 11.9 Å². The molecule has 0 aliphatic heterocycles. The molecule has 1 fully saturated rings. The summed E-state index contributed by atoms with van der Waals surface area (Å²) in [7, 11) is 2.11. The molecular formula is C23H26N4OS. The van der Waals surface area contributed by atoms with E-state index in [2.05, 4.69) is 55.0 Å². The molecule has 0 radical (unpaired) electrons. The Morgan fingerprint density at radius 1 is 1.07 bits per heavy atom. The number of imidazole rings is 1. The first-order valence-corrected chi connectivity index (χ1v) is 11.1. The van der Waals surface area contributed by atoms with Gasteiger partial charge in [0.1, 0.15) is 11.5 Å². The number of aromatic nitrogens is 3. The summed E-state index contributed by atoms with van der Waals surface area (Å²) in [5.74, 6) is 0.950. The highest BCUT2D eigenvalue weighted by Crippen LogP contribution is 2.35.